The summed E-state index contributed by atoms with van der Waals surface area (Å²) >= 11 is 0. The van der Waals surface area contributed by atoms with Crippen LogP contribution in [0.2, 0.25) is 0 Å². The lowest BCUT2D eigenvalue weighted by atomic mass is 10.1. The second kappa shape index (κ2) is 17.5. The van der Waals surface area contributed by atoms with Crippen molar-refractivity contribution in [2.24, 2.45) is 0 Å². The maximum atomic E-state index is 8.57. The second-order valence-electron chi connectivity index (χ2n) is 2.99. The molecular formula is C11H22O2. The molecule has 0 spiro atoms. The maximum Gasteiger partial charge on any atom is 0.116 e. The van der Waals surface area contributed by atoms with Gasteiger partial charge in [-0.2, -0.15) is 0 Å². The van der Waals surface area contributed by atoms with E-state index in [1.54, 1.807) is 0 Å². The van der Waals surface area contributed by atoms with Crippen LogP contribution < -0.4 is 0 Å². The fraction of sp³-hybridized carbons (Fsp3) is 0.818. The Hall–Kier alpha value is -0.590. The molecule has 0 saturated heterocycles. The lowest BCUT2D eigenvalue weighted by molar-refractivity contribution is 0.282. The fourth-order valence-electron chi connectivity index (χ4n) is 1.07. The van der Waals surface area contributed by atoms with Gasteiger partial charge in [-0.15, -0.1) is 0 Å². The number of hydrogen-bond donors (Lipinski definition) is 1. The Kier molecular flexibility index (Phi) is 20.0. The molecule has 0 aromatic carbocycles. The highest BCUT2D eigenvalue weighted by atomic mass is 16.2. The lowest BCUT2D eigenvalue weighted by Gasteiger charge is -1.97. The third kappa shape index (κ3) is 24.6. The number of hydrogen-bond acceptors (Lipinski definition) is 2. The van der Waals surface area contributed by atoms with Crippen LogP contribution in [0, 0.1) is 0 Å². The van der Waals surface area contributed by atoms with Crippen molar-refractivity contribution in [3.05, 3.63) is 6.58 Å². The van der Waals surface area contributed by atoms with Crippen LogP contribution in [0.4, 0.5) is 0 Å². The normalized spacial score (nSPS) is 8.46. The van der Waals surface area contributed by atoms with E-state index in [1.165, 1.54) is 44.5 Å². The van der Waals surface area contributed by atoms with E-state index in [2.05, 4.69) is 13.5 Å². The average Bonchev–Trinajstić information content (AvgIpc) is 2.13. The Bertz CT molecular complexity index is 96.7. The predicted octanol–water partition coefficient (Wildman–Crippen LogP) is 2.73. The Balaban J connectivity index is 0. The molecule has 0 radical (unpaired) electrons. The van der Waals surface area contributed by atoms with Crippen molar-refractivity contribution in [2.45, 2.75) is 51.9 Å². The van der Waals surface area contributed by atoms with Crippen LogP contribution in [-0.2, 0) is 4.79 Å². The number of aliphatic hydroxyl groups excluding tert-OH is 1. The van der Waals surface area contributed by atoms with Gasteiger partial charge in [0.15, 0.2) is 0 Å². The minimum Gasteiger partial charge on any atom is -0.396 e. The van der Waals surface area contributed by atoms with Crippen molar-refractivity contribution in [1.29, 1.82) is 0 Å². The van der Waals surface area contributed by atoms with Crippen molar-refractivity contribution >= 4 is 5.94 Å². The molecule has 0 unspecified atom stereocenters. The van der Waals surface area contributed by atoms with Crippen LogP contribution in [0.15, 0.2) is 6.58 Å². The Morgan fingerprint density at radius 3 is 1.85 bits per heavy atom. The summed E-state index contributed by atoms with van der Waals surface area (Å²) in [5.41, 5.74) is 0. The number of rotatable bonds is 7. The summed E-state index contributed by atoms with van der Waals surface area (Å²) in [6.45, 7) is 5.28. The molecule has 0 aromatic heterocycles. The van der Waals surface area contributed by atoms with Gasteiger partial charge < -0.3 is 5.11 Å². The number of unbranched alkanes of at least 4 members (excludes halogenated alkanes) is 6. The first kappa shape index (κ1) is 14.9. The van der Waals surface area contributed by atoms with Gasteiger partial charge in [0.25, 0.3) is 0 Å². The van der Waals surface area contributed by atoms with E-state index in [0.29, 0.717) is 6.61 Å². The first-order valence-corrected chi connectivity index (χ1v) is 5.08. The zero-order chi connectivity index (χ0) is 10.4. The smallest absolute Gasteiger partial charge is 0.116 e. The van der Waals surface area contributed by atoms with E-state index >= 15 is 0 Å². The van der Waals surface area contributed by atoms with E-state index in [1.807, 2.05) is 0 Å². The molecule has 0 fully saturated rings. The van der Waals surface area contributed by atoms with Gasteiger partial charge in [-0.3, -0.25) is 0 Å². The first-order valence-electron chi connectivity index (χ1n) is 5.08. The molecule has 0 bridgehead atoms. The molecule has 2 nitrogen and oxygen atoms in total. The SMILES string of the molecule is C=C=O.CCCCCCCCCO. The third-order valence-electron chi connectivity index (χ3n) is 1.76. The largest absolute Gasteiger partial charge is 0.396 e. The van der Waals surface area contributed by atoms with E-state index in [0.717, 1.165) is 6.42 Å². The molecule has 0 heterocycles. The Labute approximate surface area is 81.7 Å². The van der Waals surface area contributed by atoms with Crippen LogP contribution in [0.25, 0.3) is 0 Å². The summed E-state index contributed by atoms with van der Waals surface area (Å²) in [5, 5.41) is 8.47. The van der Waals surface area contributed by atoms with E-state index in [-0.39, 0.29) is 0 Å². The molecule has 0 amide bonds. The summed E-state index contributed by atoms with van der Waals surface area (Å²) < 4.78 is 0. The molecule has 0 rings (SSSR count). The van der Waals surface area contributed by atoms with Gasteiger partial charge in [0.1, 0.15) is 5.94 Å². The quantitative estimate of drug-likeness (QED) is 0.490. The van der Waals surface area contributed by atoms with Crippen molar-refractivity contribution in [3.63, 3.8) is 0 Å². The van der Waals surface area contributed by atoms with E-state index < -0.39 is 0 Å². The summed E-state index contributed by atoms with van der Waals surface area (Å²) in [6, 6.07) is 0. The van der Waals surface area contributed by atoms with Gasteiger partial charge in [-0.05, 0) is 13.0 Å². The maximum absolute atomic E-state index is 8.57. The summed E-state index contributed by atoms with van der Waals surface area (Å²) in [5.74, 6) is 1.25. The van der Waals surface area contributed by atoms with E-state index in [4.69, 9.17) is 9.90 Å². The van der Waals surface area contributed by atoms with Gasteiger partial charge in [0.2, 0.25) is 0 Å². The standard InChI is InChI=1S/C9H20O.C2H2O/c1-2-3-4-5-6-7-8-9-10;1-2-3/h10H,2-9H2,1H3;1H2. The molecule has 0 saturated carbocycles. The second-order valence-corrected chi connectivity index (χ2v) is 2.99. The summed E-state index contributed by atoms with van der Waals surface area (Å²) in [6.07, 6.45) is 8.93. The molecule has 0 aliphatic heterocycles. The minimum atomic E-state index is 0.369. The Morgan fingerprint density at radius 1 is 1.08 bits per heavy atom. The Morgan fingerprint density at radius 2 is 1.46 bits per heavy atom. The van der Waals surface area contributed by atoms with Crippen LogP contribution in [-0.4, -0.2) is 17.7 Å². The van der Waals surface area contributed by atoms with Crippen molar-refractivity contribution in [3.8, 4) is 0 Å². The van der Waals surface area contributed by atoms with Gasteiger partial charge in [0, 0.05) is 6.61 Å². The number of aliphatic hydroxyl groups is 1. The lowest BCUT2D eigenvalue weighted by Crippen LogP contribution is -1.83. The summed E-state index contributed by atoms with van der Waals surface area (Å²) in [7, 11) is 0. The van der Waals surface area contributed by atoms with Crippen LogP contribution in [0.3, 0.4) is 0 Å². The molecule has 78 valence electrons. The van der Waals surface area contributed by atoms with Crippen molar-refractivity contribution in [2.75, 3.05) is 6.61 Å². The zero-order valence-electron chi connectivity index (χ0n) is 8.72. The first-order chi connectivity index (χ1) is 6.33. The molecule has 0 aliphatic rings. The zero-order valence-corrected chi connectivity index (χ0v) is 8.72. The predicted molar refractivity (Wildman–Crippen MR) is 56.4 cm³/mol. The van der Waals surface area contributed by atoms with Gasteiger partial charge in [0.05, 0.1) is 0 Å². The highest BCUT2D eigenvalue weighted by Gasteiger charge is 1.88. The molecule has 0 aliphatic carbocycles. The van der Waals surface area contributed by atoms with Crippen LogP contribution >= 0.6 is 0 Å². The molecule has 1 N–H and O–H groups in total. The van der Waals surface area contributed by atoms with Gasteiger partial charge in [-0.1, -0.05) is 45.4 Å². The molecule has 13 heavy (non-hydrogen) atoms. The van der Waals surface area contributed by atoms with Gasteiger partial charge >= 0.3 is 0 Å². The average molecular weight is 186 g/mol. The van der Waals surface area contributed by atoms with E-state index in [9.17, 15) is 0 Å². The monoisotopic (exact) mass is 186 g/mol. The van der Waals surface area contributed by atoms with Crippen LogP contribution in [0.1, 0.15) is 51.9 Å². The fourth-order valence-corrected chi connectivity index (χ4v) is 1.07. The van der Waals surface area contributed by atoms with Crippen molar-refractivity contribution in [1.82, 2.24) is 0 Å². The minimum absolute atomic E-state index is 0.369. The number of carbonyl (C=O) groups excluding carboxylic acids is 1. The molecule has 0 aromatic rings. The van der Waals surface area contributed by atoms with Gasteiger partial charge in [-0.25, -0.2) is 4.79 Å². The third-order valence-corrected chi connectivity index (χ3v) is 1.76. The summed E-state index contributed by atoms with van der Waals surface area (Å²) in [4.78, 5) is 8.57. The van der Waals surface area contributed by atoms with Crippen molar-refractivity contribution < 1.29 is 9.90 Å². The van der Waals surface area contributed by atoms with Crippen LogP contribution in [0.5, 0.6) is 0 Å². The molecular weight excluding hydrogens is 164 g/mol. The molecule has 0 atom stereocenters. The topological polar surface area (TPSA) is 37.3 Å². The highest BCUT2D eigenvalue weighted by Crippen LogP contribution is 2.05. The molecule has 2 heteroatoms. The highest BCUT2D eigenvalue weighted by molar-refractivity contribution is 5.38.